The Bertz CT molecular complexity index is 980. The van der Waals surface area contributed by atoms with Crippen LogP contribution < -0.4 is 0 Å². The number of carbonyl (C=O) groups excluding carboxylic acids is 1. The molecule has 1 amide bonds. The molecule has 0 aliphatic carbocycles. The summed E-state index contributed by atoms with van der Waals surface area (Å²) in [6, 6.07) is 16.2. The molecule has 0 bridgehead atoms. The second-order valence-corrected chi connectivity index (χ2v) is 6.57. The number of carboxylic acids is 1. The molecular weight excluding hydrogens is 330 g/mol. The van der Waals surface area contributed by atoms with Gasteiger partial charge in [-0.25, -0.2) is 4.98 Å². The van der Waals surface area contributed by atoms with Gasteiger partial charge >= 0.3 is 5.97 Å². The molecule has 1 aliphatic heterocycles. The molecule has 0 unspecified atom stereocenters. The number of rotatable bonds is 4. The first-order valence-electron chi connectivity index (χ1n) is 8.59. The van der Waals surface area contributed by atoms with Crippen LogP contribution in [0.4, 0.5) is 0 Å². The van der Waals surface area contributed by atoms with E-state index in [9.17, 15) is 14.7 Å². The Morgan fingerprint density at radius 3 is 2.54 bits per heavy atom. The van der Waals surface area contributed by atoms with Gasteiger partial charge in [0.1, 0.15) is 11.9 Å². The number of aromatic nitrogens is 2. The second kappa shape index (κ2) is 6.29. The molecule has 2 atom stereocenters. The molecule has 0 saturated carbocycles. The summed E-state index contributed by atoms with van der Waals surface area (Å²) in [5, 5.41) is 9.36. The summed E-state index contributed by atoms with van der Waals surface area (Å²) in [4.78, 5) is 31.0. The van der Waals surface area contributed by atoms with E-state index in [1.165, 1.54) is 0 Å². The van der Waals surface area contributed by atoms with Crippen LogP contribution >= 0.6 is 0 Å². The Balaban J connectivity index is 1.82. The lowest BCUT2D eigenvalue weighted by Crippen LogP contribution is -2.45. The highest BCUT2D eigenvalue weighted by molar-refractivity contribution is 5.89. The zero-order chi connectivity index (χ0) is 18.3. The number of imidazole rings is 1. The number of amides is 1. The first-order chi connectivity index (χ1) is 12.6. The van der Waals surface area contributed by atoms with E-state index >= 15 is 0 Å². The highest BCUT2D eigenvalue weighted by atomic mass is 16.4. The number of aliphatic carboxylic acids is 1. The number of nitrogens with zero attached hydrogens (tertiary/aromatic N) is 3. The van der Waals surface area contributed by atoms with Gasteiger partial charge in [-0.1, -0.05) is 42.5 Å². The number of para-hydroxylation sites is 2. The van der Waals surface area contributed by atoms with Crippen LogP contribution in [0.3, 0.4) is 0 Å². The Morgan fingerprint density at radius 2 is 1.81 bits per heavy atom. The average Bonchev–Trinajstić information content (AvgIpc) is 3.03. The zero-order valence-electron chi connectivity index (χ0n) is 14.4. The Morgan fingerprint density at radius 1 is 1.12 bits per heavy atom. The normalized spacial score (nSPS) is 19.6. The van der Waals surface area contributed by atoms with Crippen molar-refractivity contribution < 1.29 is 14.7 Å². The van der Waals surface area contributed by atoms with Gasteiger partial charge in [-0.05, 0) is 24.6 Å². The summed E-state index contributed by atoms with van der Waals surface area (Å²) >= 11 is 0. The van der Waals surface area contributed by atoms with Crippen molar-refractivity contribution in [1.29, 1.82) is 0 Å². The first-order valence-corrected chi connectivity index (χ1v) is 8.59. The molecule has 0 fully saturated rings. The van der Waals surface area contributed by atoms with Crippen molar-refractivity contribution in [2.45, 2.75) is 32.0 Å². The van der Waals surface area contributed by atoms with Crippen LogP contribution in [0.5, 0.6) is 0 Å². The summed E-state index contributed by atoms with van der Waals surface area (Å²) in [5.41, 5.74) is 2.58. The van der Waals surface area contributed by atoms with Crippen molar-refractivity contribution in [3.63, 3.8) is 0 Å². The van der Waals surface area contributed by atoms with Gasteiger partial charge < -0.3 is 14.6 Å². The van der Waals surface area contributed by atoms with Crippen LogP contribution in [0.25, 0.3) is 11.0 Å². The summed E-state index contributed by atoms with van der Waals surface area (Å²) in [5.74, 6) is -0.450. The SMILES string of the molecule is C[C@H]1c2nc3ccccc3n2[C@H](CC(=O)O)C(=O)N1Cc1ccccc1. The maximum absolute atomic E-state index is 13.2. The third-order valence-corrected chi connectivity index (χ3v) is 4.91. The molecule has 2 heterocycles. The minimum Gasteiger partial charge on any atom is -0.481 e. The average molecular weight is 349 g/mol. The van der Waals surface area contributed by atoms with Crippen molar-refractivity contribution in [2.24, 2.45) is 0 Å². The Labute approximate surface area is 150 Å². The molecule has 2 aromatic carbocycles. The van der Waals surface area contributed by atoms with Gasteiger partial charge in [0.25, 0.3) is 0 Å². The molecular formula is C20H19N3O3. The van der Waals surface area contributed by atoms with E-state index in [-0.39, 0.29) is 18.4 Å². The van der Waals surface area contributed by atoms with Crippen molar-refractivity contribution in [2.75, 3.05) is 0 Å². The first kappa shape index (κ1) is 16.3. The fourth-order valence-electron chi connectivity index (χ4n) is 3.66. The maximum atomic E-state index is 13.2. The summed E-state index contributed by atoms with van der Waals surface area (Å²) in [6.45, 7) is 2.37. The van der Waals surface area contributed by atoms with Gasteiger partial charge in [0.05, 0.1) is 23.5 Å². The molecule has 1 N–H and O–H groups in total. The number of benzene rings is 2. The summed E-state index contributed by atoms with van der Waals surface area (Å²) in [6.07, 6.45) is -0.260. The largest absolute Gasteiger partial charge is 0.481 e. The number of carboxylic acid groups (broad SMARTS) is 1. The predicted octanol–water partition coefficient (Wildman–Crippen LogP) is 3.16. The molecule has 6 heteroatoms. The van der Waals surface area contributed by atoms with E-state index in [2.05, 4.69) is 0 Å². The van der Waals surface area contributed by atoms with Crippen LogP contribution in [0, 0.1) is 0 Å². The van der Waals surface area contributed by atoms with E-state index in [4.69, 9.17) is 4.98 Å². The molecule has 0 saturated heterocycles. The minimum atomic E-state index is -0.999. The molecule has 1 aromatic heterocycles. The van der Waals surface area contributed by atoms with Gasteiger partial charge in [0.15, 0.2) is 0 Å². The van der Waals surface area contributed by atoms with Crippen LogP contribution in [0.2, 0.25) is 0 Å². The van der Waals surface area contributed by atoms with Gasteiger partial charge in [-0.2, -0.15) is 0 Å². The lowest BCUT2D eigenvalue weighted by molar-refractivity contribution is -0.147. The van der Waals surface area contributed by atoms with Gasteiger partial charge in [-0.15, -0.1) is 0 Å². The quantitative estimate of drug-likeness (QED) is 0.785. The molecule has 0 radical (unpaired) electrons. The molecule has 0 spiro atoms. The van der Waals surface area contributed by atoms with E-state index in [0.29, 0.717) is 6.54 Å². The predicted molar refractivity (Wildman–Crippen MR) is 96.4 cm³/mol. The molecule has 132 valence electrons. The lowest BCUT2D eigenvalue weighted by atomic mass is 10.0. The maximum Gasteiger partial charge on any atom is 0.306 e. The molecule has 26 heavy (non-hydrogen) atoms. The molecule has 4 rings (SSSR count). The third-order valence-electron chi connectivity index (χ3n) is 4.91. The summed E-state index contributed by atoms with van der Waals surface area (Å²) < 4.78 is 1.80. The number of hydrogen-bond acceptors (Lipinski definition) is 3. The number of carbonyl (C=O) groups is 2. The fraction of sp³-hybridized carbons (Fsp3) is 0.250. The lowest BCUT2D eigenvalue weighted by Gasteiger charge is -2.38. The topological polar surface area (TPSA) is 75.4 Å². The van der Waals surface area contributed by atoms with E-state index in [0.717, 1.165) is 22.4 Å². The van der Waals surface area contributed by atoms with Gasteiger partial charge in [0, 0.05) is 6.54 Å². The highest BCUT2D eigenvalue weighted by Crippen LogP contribution is 2.37. The van der Waals surface area contributed by atoms with Crippen LogP contribution in [-0.4, -0.2) is 31.4 Å². The van der Waals surface area contributed by atoms with Crippen LogP contribution in [0.1, 0.15) is 36.8 Å². The van der Waals surface area contributed by atoms with Crippen molar-refractivity contribution in [3.8, 4) is 0 Å². The van der Waals surface area contributed by atoms with E-state index in [1.54, 1.807) is 9.47 Å². The standard InChI is InChI=1S/C20H19N3O3/c1-13-19-21-15-9-5-6-10-16(15)23(19)17(11-18(24)25)20(26)22(13)12-14-7-3-2-4-8-14/h2-10,13,17H,11-12H2,1H3,(H,24,25)/t13-,17+/m0/s1. The van der Waals surface area contributed by atoms with Gasteiger partial charge in [-0.3, -0.25) is 9.59 Å². The van der Waals surface area contributed by atoms with E-state index < -0.39 is 12.0 Å². The molecule has 6 nitrogen and oxygen atoms in total. The Kier molecular flexibility index (Phi) is 3.95. The van der Waals surface area contributed by atoms with Crippen LogP contribution in [-0.2, 0) is 16.1 Å². The highest BCUT2D eigenvalue weighted by Gasteiger charge is 2.40. The zero-order valence-corrected chi connectivity index (χ0v) is 14.4. The van der Waals surface area contributed by atoms with Gasteiger partial charge in [0.2, 0.25) is 5.91 Å². The number of fused-ring (bicyclic) bond motifs is 3. The van der Waals surface area contributed by atoms with Crippen molar-refractivity contribution in [3.05, 3.63) is 66.0 Å². The monoisotopic (exact) mass is 349 g/mol. The second-order valence-electron chi connectivity index (χ2n) is 6.57. The van der Waals surface area contributed by atoms with Crippen molar-refractivity contribution in [1.82, 2.24) is 14.5 Å². The van der Waals surface area contributed by atoms with Crippen molar-refractivity contribution >= 4 is 22.9 Å². The fourth-order valence-corrected chi connectivity index (χ4v) is 3.66. The minimum absolute atomic E-state index is 0.181. The smallest absolute Gasteiger partial charge is 0.306 e. The van der Waals surface area contributed by atoms with Crippen LogP contribution in [0.15, 0.2) is 54.6 Å². The number of hydrogen-bond donors (Lipinski definition) is 1. The third kappa shape index (κ3) is 2.63. The summed E-state index contributed by atoms with van der Waals surface area (Å²) in [7, 11) is 0. The molecule has 1 aliphatic rings. The Hall–Kier alpha value is -3.15. The van der Waals surface area contributed by atoms with E-state index in [1.807, 2.05) is 61.5 Å². The molecule has 3 aromatic rings.